The summed E-state index contributed by atoms with van der Waals surface area (Å²) in [6, 6.07) is 5.54. The van der Waals surface area contributed by atoms with E-state index in [1.54, 1.807) is 4.90 Å². The van der Waals surface area contributed by atoms with Crippen molar-refractivity contribution in [2.75, 3.05) is 19.6 Å². The quantitative estimate of drug-likeness (QED) is 0.759. The van der Waals surface area contributed by atoms with Gasteiger partial charge in [-0.3, -0.25) is 0 Å². The van der Waals surface area contributed by atoms with Crippen LogP contribution in [-0.2, 0) is 11.3 Å². The molecule has 1 aliphatic heterocycles. The molecule has 2 rings (SSSR count). The van der Waals surface area contributed by atoms with E-state index in [0.717, 1.165) is 38.0 Å². The highest BCUT2D eigenvalue weighted by Crippen LogP contribution is 2.24. The number of rotatable bonds is 5. The molecule has 1 unspecified atom stereocenters. The van der Waals surface area contributed by atoms with Crippen molar-refractivity contribution in [1.82, 2.24) is 10.2 Å². The van der Waals surface area contributed by atoms with Crippen LogP contribution >= 0.6 is 23.2 Å². The van der Waals surface area contributed by atoms with Crippen LogP contribution in [0.1, 0.15) is 39.2 Å². The van der Waals surface area contributed by atoms with Crippen molar-refractivity contribution in [2.45, 2.75) is 45.8 Å². The molecule has 0 aromatic heterocycles. The number of halogens is 2. The molecule has 1 aromatic rings. The van der Waals surface area contributed by atoms with Crippen molar-refractivity contribution in [3.05, 3.63) is 33.8 Å². The van der Waals surface area contributed by atoms with Crippen LogP contribution in [0.5, 0.6) is 0 Å². The van der Waals surface area contributed by atoms with Gasteiger partial charge < -0.3 is 15.0 Å². The van der Waals surface area contributed by atoms with E-state index < -0.39 is 5.60 Å². The second-order valence-corrected chi connectivity index (χ2v) is 8.06. The molecular weight excluding hydrogens is 347 g/mol. The molecule has 1 saturated heterocycles. The summed E-state index contributed by atoms with van der Waals surface area (Å²) in [5.41, 5.74) is 0.493. The SMILES string of the molecule is CC(C)(C)OC(=O)N1CCC(CCNCc2c(Cl)cccc2Cl)C1. The number of amides is 1. The van der Waals surface area contributed by atoms with Crippen LogP contribution in [0.25, 0.3) is 0 Å². The Morgan fingerprint density at radius 1 is 1.33 bits per heavy atom. The molecule has 134 valence electrons. The minimum atomic E-state index is -0.440. The molecule has 24 heavy (non-hydrogen) atoms. The molecule has 1 aliphatic rings. The molecule has 6 heteroatoms. The van der Waals surface area contributed by atoms with Crippen LogP contribution in [0.3, 0.4) is 0 Å². The average molecular weight is 373 g/mol. The Labute approximate surface area is 154 Å². The zero-order chi connectivity index (χ0) is 17.7. The third-order valence-corrected chi connectivity index (χ3v) is 4.74. The Morgan fingerprint density at radius 3 is 2.62 bits per heavy atom. The smallest absolute Gasteiger partial charge is 0.410 e. The lowest BCUT2D eigenvalue weighted by Gasteiger charge is -2.24. The van der Waals surface area contributed by atoms with Gasteiger partial charge in [-0.05, 0) is 58.2 Å². The first-order valence-corrected chi connectivity index (χ1v) is 9.13. The fourth-order valence-electron chi connectivity index (χ4n) is 2.78. The van der Waals surface area contributed by atoms with Crippen molar-refractivity contribution in [3.8, 4) is 0 Å². The third-order valence-electron chi connectivity index (χ3n) is 4.03. The zero-order valence-corrected chi connectivity index (χ0v) is 16.1. The molecule has 0 aliphatic carbocycles. The van der Waals surface area contributed by atoms with Gasteiger partial charge in [0, 0.05) is 35.2 Å². The number of nitrogens with one attached hydrogen (secondary N) is 1. The summed E-state index contributed by atoms with van der Waals surface area (Å²) < 4.78 is 5.42. The van der Waals surface area contributed by atoms with Gasteiger partial charge >= 0.3 is 6.09 Å². The first kappa shape index (κ1) is 19.4. The van der Waals surface area contributed by atoms with E-state index in [2.05, 4.69) is 5.32 Å². The van der Waals surface area contributed by atoms with Gasteiger partial charge in [-0.1, -0.05) is 29.3 Å². The van der Waals surface area contributed by atoms with E-state index in [1.807, 2.05) is 39.0 Å². The molecule has 1 aromatic carbocycles. The van der Waals surface area contributed by atoms with Gasteiger partial charge in [0.15, 0.2) is 0 Å². The predicted molar refractivity (Wildman–Crippen MR) is 98.7 cm³/mol. The molecule has 0 spiro atoms. The van der Waals surface area contributed by atoms with Crippen LogP contribution < -0.4 is 5.32 Å². The lowest BCUT2D eigenvalue weighted by atomic mass is 10.1. The summed E-state index contributed by atoms with van der Waals surface area (Å²) in [6.07, 6.45) is 1.83. The summed E-state index contributed by atoms with van der Waals surface area (Å²) in [7, 11) is 0. The Kier molecular flexibility index (Phi) is 6.79. The van der Waals surface area contributed by atoms with E-state index in [0.29, 0.717) is 22.5 Å². The number of carbonyl (C=O) groups is 1. The number of nitrogens with zero attached hydrogens (tertiary/aromatic N) is 1. The maximum absolute atomic E-state index is 12.1. The Bertz CT molecular complexity index is 552. The highest BCUT2D eigenvalue weighted by atomic mass is 35.5. The maximum Gasteiger partial charge on any atom is 0.410 e. The highest BCUT2D eigenvalue weighted by Gasteiger charge is 2.29. The minimum absolute atomic E-state index is 0.208. The van der Waals surface area contributed by atoms with Gasteiger partial charge in [0.05, 0.1) is 0 Å². The number of ether oxygens (including phenoxy) is 1. The van der Waals surface area contributed by atoms with Gasteiger partial charge in [0.2, 0.25) is 0 Å². The largest absolute Gasteiger partial charge is 0.444 e. The van der Waals surface area contributed by atoms with Crippen LogP contribution in [0, 0.1) is 5.92 Å². The summed E-state index contributed by atoms with van der Waals surface area (Å²) in [4.78, 5) is 13.9. The fourth-order valence-corrected chi connectivity index (χ4v) is 3.31. The average Bonchev–Trinajstić information content (AvgIpc) is 2.93. The lowest BCUT2D eigenvalue weighted by molar-refractivity contribution is 0.0287. The Balaban J connectivity index is 1.70. The maximum atomic E-state index is 12.1. The van der Waals surface area contributed by atoms with Crippen LogP contribution in [0.4, 0.5) is 4.79 Å². The number of likely N-dealkylation sites (tertiary alicyclic amines) is 1. The predicted octanol–water partition coefficient (Wildman–Crippen LogP) is 4.73. The zero-order valence-electron chi connectivity index (χ0n) is 14.6. The molecule has 0 bridgehead atoms. The summed E-state index contributed by atoms with van der Waals surface area (Å²) in [5, 5.41) is 4.76. The monoisotopic (exact) mass is 372 g/mol. The molecule has 0 saturated carbocycles. The topological polar surface area (TPSA) is 41.6 Å². The molecule has 1 atom stereocenters. The van der Waals surface area contributed by atoms with Crippen molar-refractivity contribution >= 4 is 29.3 Å². The van der Waals surface area contributed by atoms with Crippen molar-refractivity contribution in [3.63, 3.8) is 0 Å². The lowest BCUT2D eigenvalue weighted by Crippen LogP contribution is -2.35. The second kappa shape index (κ2) is 8.41. The van der Waals surface area contributed by atoms with Gasteiger partial charge in [-0.2, -0.15) is 0 Å². The van der Waals surface area contributed by atoms with Gasteiger partial charge in [-0.15, -0.1) is 0 Å². The molecule has 4 nitrogen and oxygen atoms in total. The Morgan fingerprint density at radius 2 is 2.00 bits per heavy atom. The molecule has 1 amide bonds. The van der Waals surface area contributed by atoms with Crippen molar-refractivity contribution in [1.29, 1.82) is 0 Å². The molecule has 1 N–H and O–H groups in total. The molecule has 1 fully saturated rings. The standard InChI is InChI=1S/C18H26Cl2N2O2/c1-18(2,3)24-17(23)22-10-8-13(12-22)7-9-21-11-14-15(19)5-4-6-16(14)20/h4-6,13,21H,7-12H2,1-3H3. The first-order valence-electron chi connectivity index (χ1n) is 8.38. The minimum Gasteiger partial charge on any atom is -0.444 e. The second-order valence-electron chi connectivity index (χ2n) is 7.25. The normalized spacial score (nSPS) is 18.0. The van der Waals surface area contributed by atoms with E-state index in [4.69, 9.17) is 27.9 Å². The third kappa shape index (κ3) is 5.83. The van der Waals surface area contributed by atoms with Crippen LogP contribution in [0.2, 0.25) is 10.0 Å². The Hall–Kier alpha value is -0.970. The van der Waals surface area contributed by atoms with E-state index in [1.165, 1.54) is 0 Å². The molecule has 0 radical (unpaired) electrons. The number of hydrogen-bond donors (Lipinski definition) is 1. The first-order chi connectivity index (χ1) is 11.3. The fraction of sp³-hybridized carbons (Fsp3) is 0.611. The molecule has 1 heterocycles. The number of carbonyl (C=O) groups excluding carboxylic acids is 1. The van der Waals surface area contributed by atoms with E-state index in [9.17, 15) is 4.79 Å². The van der Waals surface area contributed by atoms with Gasteiger partial charge in [0.25, 0.3) is 0 Å². The van der Waals surface area contributed by atoms with Crippen LogP contribution in [0.15, 0.2) is 18.2 Å². The van der Waals surface area contributed by atoms with E-state index >= 15 is 0 Å². The van der Waals surface area contributed by atoms with Crippen LogP contribution in [-0.4, -0.2) is 36.2 Å². The van der Waals surface area contributed by atoms with Crippen molar-refractivity contribution < 1.29 is 9.53 Å². The summed E-state index contributed by atoms with van der Waals surface area (Å²) >= 11 is 12.3. The molecular formula is C18H26Cl2N2O2. The highest BCUT2D eigenvalue weighted by molar-refractivity contribution is 6.35. The summed E-state index contributed by atoms with van der Waals surface area (Å²) in [6.45, 7) is 8.74. The van der Waals surface area contributed by atoms with E-state index in [-0.39, 0.29) is 6.09 Å². The van der Waals surface area contributed by atoms with Gasteiger partial charge in [-0.25, -0.2) is 4.79 Å². The number of hydrogen-bond acceptors (Lipinski definition) is 3. The van der Waals surface area contributed by atoms with Gasteiger partial charge in [0.1, 0.15) is 5.60 Å². The van der Waals surface area contributed by atoms with Crippen molar-refractivity contribution in [2.24, 2.45) is 5.92 Å². The summed E-state index contributed by atoms with van der Waals surface area (Å²) in [5.74, 6) is 0.506. The number of benzene rings is 1.